The molecule has 9 heteroatoms. The minimum Gasteiger partial charge on any atom is -0.311 e. The van der Waals surface area contributed by atoms with Crippen LogP contribution in [0.5, 0.6) is 0 Å². The van der Waals surface area contributed by atoms with Crippen molar-refractivity contribution in [3.63, 3.8) is 0 Å². The number of aromatic nitrogens is 7. The average Bonchev–Trinajstić information content (AvgIpc) is 1.58. The van der Waals surface area contributed by atoms with Gasteiger partial charge in [0.1, 0.15) is 5.82 Å². The van der Waals surface area contributed by atoms with Crippen LogP contribution in [0.2, 0.25) is 0 Å². The van der Waals surface area contributed by atoms with Crippen LogP contribution in [0.4, 0.5) is 34.1 Å². The zero-order valence-electron chi connectivity index (χ0n) is 55.4. The predicted molar refractivity (Wildman–Crippen MR) is 424 cm³/mol. The van der Waals surface area contributed by atoms with E-state index in [9.17, 15) is 0 Å². The molecule has 0 atom stereocenters. The molecule has 9 nitrogen and oxygen atoms in total. The Morgan fingerprint density at radius 2 is 0.667 bits per heavy atom. The number of benzene rings is 13. The first-order chi connectivity index (χ1) is 50.6. The van der Waals surface area contributed by atoms with Crippen LogP contribution in [0.1, 0.15) is 0 Å². The van der Waals surface area contributed by atoms with Crippen molar-refractivity contribution in [3.8, 4) is 45.3 Å². The first kappa shape index (κ1) is 59.4. The fourth-order valence-corrected chi connectivity index (χ4v) is 15.3. The summed E-state index contributed by atoms with van der Waals surface area (Å²) < 4.78 is 9.34. The molecule has 7 aromatic heterocycles. The fraction of sp³-hybridized carbons (Fsp3) is 0. The smallest absolute Gasteiger partial charge is 0.137 e. The van der Waals surface area contributed by atoms with E-state index in [-0.39, 0.29) is 0 Å². The van der Waals surface area contributed by atoms with Crippen LogP contribution in [-0.2, 0) is 0 Å². The lowest BCUT2D eigenvalue weighted by molar-refractivity contribution is 1.08. The van der Waals surface area contributed by atoms with E-state index in [0.29, 0.717) is 0 Å². The van der Waals surface area contributed by atoms with Crippen molar-refractivity contribution >= 4 is 121 Å². The highest BCUT2D eigenvalue weighted by Crippen LogP contribution is 2.44. The van der Waals surface area contributed by atoms with Gasteiger partial charge in [0.05, 0.1) is 56.0 Å². The molecule has 20 rings (SSSR count). The number of anilines is 6. The van der Waals surface area contributed by atoms with Gasteiger partial charge >= 0.3 is 0 Å². The van der Waals surface area contributed by atoms with Crippen LogP contribution in [0.3, 0.4) is 0 Å². The second-order valence-electron chi connectivity index (χ2n) is 25.6. The summed E-state index contributed by atoms with van der Waals surface area (Å²) in [7, 11) is 0. The van der Waals surface area contributed by atoms with Crippen LogP contribution in [-0.4, -0.2) is 33.2 Å². The minimum atomic E-state index is 0.905. The first-order valence-corrected chi connectivity index (χ1v) is 34.5. The monoisotopic (exact) mass is 1310 g/mol. The van der Waals surface area contributed by atoms with E-state index < -0.39 is 0 Å². The number of para-hydroxylation sites is 9. The van der Waals surface area contributed by atoms with Crippen molar-refractivity contribution < 1.29 is 0 Å². The third-order valence-corrected chi connectivity index (χ3v) is 19.8. The Morgan fingerprint density at radius 3 is 1.26 bits per heavy atom. The summed E-state index contributed by atoms with van der Waals surface area (Å²) in [5.74, 6) is 0.905. The van der Waals surface area contributed by atoms with E-state index in [2.05, 4.69) is 374 Å². The second kappa shape index (κ2) is 25.2. The number of fused-ring (bicyclic) bond motifs is 12. The lowest BCUT2D eigenvalue weighted by Crippen LogP contribution is -2.10. The summed E-state index contributed by atoms with van der Waals surface area (Å²) in [5, 5.41) is 9.51. The quantitative estimate of drug-likeness (QED) is 0.122. The van der Waals surface area contributed by atoms with Crippen LogP contribution >= 0.6 is 0 Å². The second-order valence-corrected chi connectivity index (χ2v) is 25.6. The van der Waals surface area contributed by atoms with Gasteiger partial charge in [0, 0.05) is 124 Å². The molecular weight excluding hydrogens is 1240 g/mol. The molecule has 0 saturated carbocycles. The molecule has 0 spiro atoms. The van der Waals surface area contributed by atoms with Crippen molar-refractivity contribution in [3.05, 3.63) is 383 Å². The first-order valence-electron chi connectivity index (χ1n) is 34.5. The van der Waals surface area contributed by atoms with Crippen molar-refractivity contribution in [2.45, 2.75) is 0 Å². The molecule has 13 aromatic carbocycles. The summed E-state index contributed by atoms with van der Waals surface area (Å²) in [4.78, 5) is 19.2. The Balaban J connectivity index is 0.000000141. The molecule has 0 fully saturated rings. The number of pyridine rings is 3. The molecule has 20 aromatic rings. The van der Waals surface area contributed by atoms with E-state index in [0.717, 1.165) is 118 Å². The van der Waals surface area contributed by atoms with Crippen molar-refractivity contribution in [2.75, 3.05) is 9.80 Å². The molecule has 0 saturated heterocycles. The van der Waals surface area contributed by atoms with Crippen molar-refractivity contribution in [1.82, 2.24) is 33.2 Å². The van der Waals surface area contributed by atoms with E-state index in [1.165, 1.54) is 48.7 Å². The van der Waals surface area contributed by atoms with Crippen molar-refractivity contribution in [1.29, 1.82) is 0 Å². The molecule has 0 unspecified atom stereocenters. The summed E-state index contributed by atoms with van der Waals surface area (Å²) in [5.41, 5.74) is 23.3. The molecule has 0 aliphatic heterocycles. The summed E-state index contributed by atoms with van der Waals surface area (Å²) in [6, 6.07) is 127. The largest absolute Gasteiger partial charge is 0.311 e. The van der Waals surface area contributed by atoms with Gasteiger partial charge in [0.25, 0.3) is 0 Å². The maximum atomic E-state index is 5.09. The van der Waals surface area contributed by atoms with Gasteiger partial charge in [-0.1, -0.05) is 194 Å². The molecule has 480 valence electrons. The average molecular weight is 1310 g/mol. The highest BCUT2D eigenvalue weighted by molar-refractivity contribution is 6.16. The number of rotatable bonds is 12. The Hall–Kier alpha value is -13.9. The predicted octanol–water partition coefficient (Wildman–Crippen LogP) is 24.2. The van der Waals surface area contributed by atoms with Crippen LogP contribution < -0.4 is 9.80 Å². The normalized spacial score (nSPS) is 11.5. The Kier molecular flexibility index (Phi) is 14.7. The lowest BCUT2D eigenvalue weighted by Gasteiger charge is -2.26. The Labute approximate surface area is 588 Å². The van der Waals surface area contributed by atoms with Crippen molar-refractivity contribution in [2.24, 2.45) is 0 Å². The lowest BCUT2D eigenvalue weighted by atomic mass is 10.0. The standard InChI is InChI=1S/C47H32N4.C46H31N5/c1-4-15-34(16-5-1)49(35-17-6-2-7-18-35)37-21-14-22-38(30-37)51-44-25-12-10-23-39(44)41-28-27-33(29-46(41)51)43-31-42-40-24-11-13-26-45(40)50(47(42)32-48-43)36-19-8-3-9-20-36;1-3-13-33(14-4-1)49(34-15-5-2-6-16-34)35-23-25-36(26-24-35)50-42-19-9-8-18-38(42)41-31-47-30-40(46(41)50)32-22-27-44-39(29-32)37-17-7-10-20-43(37)51(44)45-21-11-12-28-48-45/h1-32H;1-31H. The van der Waals surface area contributed by atoms with Crippen LogP contribution in [0, 0.1) is 0 Å². The Morgan fingerprint density at radius 1 is 0.225 bits per heavy atom. The topological polar surface area (TPSA) is 64.9 Å². The third kappa shape index (κ3) is 10.2. The molecule has 0 N–H and O–H groups in total. The summed E-state index contributed by atoms with van der Waals surface area (Å²) in [6.45, 7) is 0. The zero-order chi connectivity index (χ0) is 67.5. The highest BCUT2D eigenvalue weighted by Gasteiger charge is 2.23. The summed E-state index contributed by atoms with van der Waals surface area (Å²) >= 11 is 0. The van der Waals surface area contributed by atoms with E-state index >= 15 is 0 Å². The van der Waals surface area contributed by atoms with Gasteiger partial charge in [-0.25, -0.2) is 4.98 Å². The highest BCUT2D eigenvalue weighted by atomic mass is 15.2. The van der Waals surface area contributed by atoms with Gasteiger partial charge in [0.2, 0.25) is 0 Å². The number of hydrogen-bond donors (Lipinski definition) is 0. The van der Waals surface area contributed by atoms with E-state index in [1.54, 1.807) is 0 Å². The molecular formula is C93H63N9. The molecule has 0 aliphatic rings. The molecule has 7 heterocycles. The fourth-order valence-electron chi connectivity index (χ4n) is 15.3. The molecule has 0 aliphatic carbocycles. The van der Waals surface area contributed by atoms with Gasteiger partial charge in [-0.05, 0) is 169 Å². The van der Waals surface area contributed by atoms with E-state index in [1.807, 2.05) is 36.9 Å². The van der Waals surface area contributed by atoms with Gasteiger partial charge in [-0.3, -0.25) is 14.5 Å². The molecule has 0 bridgehead atoms. The number of hydrogen-bond acceptors (Lipinski definition) is 5. The summed E-state index contributed by atoms with van der Waals surface area (Å²) in [6.07, 6.45) is 7.90. The minimum absolute atomic E-state index is 0.905. The maximum absolute atomic E-state index is 5.09. The van der Waals surface area contributed by atoms with Gasteiger partial charge in [-0.15, -0.1) is 0 Å². The van der Waals surface area contributed by atoms with E-state index in [4.69, 9.17) is 15.0 Å². The Bertz CT molecular complexity index is 6410. The number of nitrogens with zero attached hydrogens (tertiary/aromatic N) is 9. The van der Waals surface area contributed by atoms with Gasteiger partial charge < -0.3 is 23.5 Å². The van der Waals surface area contributed by atoms with Gasteiger partial charge in [-0.2, -0.15) is 0 Å². The molecule has 0 radical (unpaired) electrons. The zero-order valence-corrected chi connectivity index (χ0v) is 55.4. The van der Waals surface area contributed by atoms with Gasteiger partial charge in [0.15, 0.2) is 0 Å². The SMILES string of the molecule is c1ccc(N(c2ccccc2)c2ccc(-n3c4ccccc4c4cncc(-c5ccc6c(c5)c5ccccc5n6-c5ccccn5)c43)cc2)cc1.c1ccc(N(c2ccccc2)c2cccc(-n3c4ccccc4c4ccc(-c5cc6c7ccccc7n(-c7ccccc7)c6cn5)cc43)c2)cc1. The maximum Gasteiger partial charge on any atom is 0.137 e. The third-order valence-electron chi connectivity index (χ3n) is 19.8. The molecule has 102 heavy (non-hydrogen) atoms. The van der Waals surface area contributed by atoms with Crippen LogP contribution in [0.25, 0.3) is 132 Å². The van der Waals surface area contributed by atoms with Crippen LogP contribution in [0.15, 0.2) is 383 Å². The molecule has 0 amide bonds.